The molecule has 9 nitrogen and oxygen atoms in total. The molecule has 0 heterocycles. The van der Waals surface area contributed by atoms with Crippen LogP contribution in [0, 0.1) is 0 Å². The molecule has 0 rings (SSSR count). The molecule has 0 aromatic rings. The van der Waals surface area contributed by atoms with Crippen molar-refractivity contribution in [2.24, 2.45) is 0 Å². The second-order valence-electron chi connectivity index (χ2n) is 9.02. The van der Waals surface area contributed by atoms with Crippen LogP contribution in [-0.4, -0.2) is 54.3 Å². The molecule has 36 heavy (non-hydrogen) atoms. The molecular formula is C26H50NO8P. The van der Waals surface area contributed by atoms with E-state index in [-0.39, 0.29) is 32.1 Å². The second kappa shape index (κ2) is 24.1. The van der Waals surface area contributed by atoms with Gasteiger partial charge in [0.15, 0.2) is 0 Å². The second-order valence-corrected chi connectivity index (χ2v) is 10.5. The van der Waals surface area contributed by atoms with Gasteiger partial charge in [-0.2, -0.15) is 0 Å². The normalized spacial score (nSPS) is 14.0. The summed E-state index contributed by atoms with van der Waals surface area (Å²) in [5, 5.41) is 12.3. The van der Waals surface area contributed by atoms with Crippen LogP contribution in [0.5, 0.6) is 0 Å². The minimum absolute atomic E-state index is 0.0785. The molecule has 0 spiro atoms. The predicted octanol–water partition coefficient (Wildman–Crippen LogP) is 5.59. The molecule has 0 fully saturated rings. The number of aliphatic hydroxyl groups is 1. The number of amides is 1. The number of aliphatic hydroxyl groups excluding tert-OH is 1. The number of hydrogen-bond donors (Lipinski definition) is 3. The lowest BCUT2D eigenvalue weighted by Crippen LogP contribution is -2.27. The van der Waals surface area contributed by atoms with E-state index in [1.807, 2.05) is 6.92 Å². The number of phosphoric ester groups is 1. The number of rotatable bonds is 25. The molecule has 0 aliphatic carbocycles. The number of allylic oxidation sites excluding steroid dienone is 2. The molecule has 2 atom stereocenters. The van der Waals surface area contributed by atoms with E-state index >= 15 is 0 Å². The summed E-state index contributed by atoms with van der Waals surface area (Å²) in [6.45, 7) is 3.20. The highest BCUT2D eigenvalue weighted by Crippen LogP contribution is 2.42. The van der Waals surface area contributed by atoms with Gasteiger partial charge in [-0.3, -0.25) is 18.6 Å². The van der Waals surface area contributed by atoms with Gasteiger partial charge >= 0.3 is 13.8 Å². The number of carbonyl (C=O) groups is 2. The Morgan fingerprint density at radius 3 is 2.11 bits per heavy atom. The fourth-order valence-electron chi connectivity index (χ4n) is 3.29. The van der Waals surface area contributed by atoms with Crippen LogP contribution < -0.4 is 5.32 Å². The van der Waals surface area contributed by atoms with Gasteiger partial charge in [0.05, 0.1) is 13.2 Å². The van der Waals surface area contributed by atoms with Gasteiger partial charge < -0.3 is 20.1 Å². The molecule has 3 N–H and O–H groups in total. The largest absolute Gasteiger partial charge is 0.472 e. The number of ether oxygens (including phenoxy) is 1. The van der Waals surface area contributed by atoms with Crippen LogP contribution in [-0.2, 0) is 27.9 Å². The van der Waals surface area contributed by atoms with Gasteiger partial charge in [-0.15, -0.1) is 0 Å². The lowest BCUT2D eigenvalue weighted by Gasteiger charge is -2.15. The zero-order chi connectivity index (χ0) is 26.9. The Bertz CT molecular complexity index is 629. The molecule has 0 saturated carbocycles. The zero-order valence-corrected chi connectivity index (χ0v) is 23.4. The Morgan fingerprint density at radius 1 is 0.833 bits per heavy atom. The summed E-state index contributed by atoms with van der Waals surface area (Å²) >= 11 is 0. The summed E-state index contributed by atoms with van der Waals surface area (Å²) in [6.07, 6.45) is 18.3. The van der Waals surface area contributed by atoms with Gasteiger partial charge in [-0.25, -0.2) is 4.57 Å². The first kappa shape index (κ1) is 34.8. The maximum atomic E-state index is 11.9. The molecule has 0 aromatic heterocycles. The zero-order valence-electron chi connectivity index (χ0n) is 22.5. The fraction of sp³-hybridized carbons (Fsp3) is 0.846. The number of phosphoric acid groups is 1. The van der Waals surface area contributed by atoms with Crippen molar-refractivity contribution >= 4 is 19.7 Å². The summed E-state index contributed by atoms with van der Waals surface area (Å²) in [7, 11) is -4.38. The smallest absolute Gasteiger partial charge is 0.463 e. The summed E-state index contributed by atoms with van der Waals surface area (Å²) in [6, 6.07) is 0. The lowest BCUT2D eigenvalue weighted by molar-refractivity contribution is -0.147. The summed E-state index contributed by atoms with van der Waals surface area (Å²) in [4.78, 5) is 32.9. The van der Waals surface area contributed by atoms with Crippen LogP contribution in [0.15, 0.2) is 12.2 Å². The Morgan fingerprint density at radius 2 is 1.44 bits per heavy atom. The van der Waals surface area contributed by atoms with Crippen molar-refractivity contribution in [1.29, 1.82) is 0 Å². The summed E-state index contributed by atoms with van der Waals surface area (Å²) < 4.78 is 26.2. The number of nitrogens with one attached hydrogen (secondary N) is 1. The third-order valence-corrected chi connectivity index (χ3v) is 6.43. The third-order valence-electron chi connectivity index (χ3n) is 5.45. The first-order chi connectivity index (χ1) is 17.3. The molecule has 0 saturated heterocycles. The molecule has 10 heteroatoms. The Balaban J connectivity index is 3.63. The van der Waals surface area contributed by atoms with E-state index in [9.17, 15) is 24.2 Å². The van der Waals surface area contributed by atoms with E-state index in [1.165, 1.54) is 38.5 Å². The highest BCUT2D eigenvalue weighted by atomic mass is 31.2. The van der Waals surface area contributed by atoms with E-state index in [0.717, 1.165) is 38.5 Å². The summed E-state index contributed by atoms with van der Waals surface area (Å²) in [5.41, 5.74) is 0. The van der Waals surface area contributed by atoms with Gasteiger partial charge in [-0.1, -0.05) is 70.9 Å². The minimum atomic E-state index is -4.38. The van der Waals surface area contributed by atoms with Gasteiger partial charge in [0.25, 0.3) is 0 Å². The van der Waals surface area contributed by atoms with E-state index in [2.05, 4.69) is 24.4 Å². The molecule has 1 amide bonds. The Kier molecular flexibility index (Phi) is 23.3. The average molecular weight is 536 g/mol. The molecule has 0 aliphatic rings. The highest BCUT2D eigenvalue weighted by Gasteiger charge is 2.23. The number of unbranched alkanes of at least 4 members (excludes halogenated alkanes) is 10. The van der Waals surface area contributed by atoms with Crippen LogP contribution in [0.3, 0.4) is 0 Å². The minimum Gasteiger partial charge on any atom is -0.463 e. The molecule has 2 unspecified atom stereocenters. The van der Waals surface area contributed by atoms with Crippen molar-refractivity contribution in [2.75, 3.05) is 26.4 Å². The highest BCUT2D eigenvalue weighted by molar-refractivity contribution is 7.47. The van der Waals surface area contributed by atoms with Gasteiger partial charge in [0.2, 0.25) is 5.91 Å². The van der Waals surface area contributed by atoms with Crippen LogP contribution in [0.4, 0.5) is 0 Å². The van der Waals surface area contributed by atoms with Crippen molar-refractivity contribution in [2.45, 2.75) is 116 Å². The monoisotopic (exact) mass is 535 g/mol. The van der Waals surface area contributed by atoms with Crippen LogP contribution >= 0.6 is 7.82 Å². The summed E-state index contributed by atoms with van der Waals surface area (Å²) in [5.74, 6) is -0.565. The number of carbonyl (C=O) groups excluding carboxylic acids is 2. The number of esters is 1. The van der Waals surface area contributed by atoms with Gasteiger partial charge in [0.1, 0.15) is 12.7 Å². The van der Waals surface area contributed by atoms with Crippen molar-refractivity contribution in [3.63, 3.8) is 0 Å². The first-order valence-electron chi connectivity index (χ1n) is 13.7. The van der Waals surface area contributed by atoms with Crippen molar-refractivity contribution in [1.82, 2.24) is 5.32 Å². The first-order valence-corrected chi connectivity index (χ1v) is 15.2. The number of hydrogen-bond acceptors (Lipinski definition) is 7. The van der Waals surface area contributed by atoms with Crippen LogP contribution in [0.1, 0.15) is 110 Å². The molecular weight excluding hydrogens is 485 g/mol. The molecule has 0 aliphatic heterocycles. The lowest BCUT2D eigenvalue weighted by atomic mass is 10.1. The molecule has 212 valence electrons. The van der Waals surface area contributed by atoms with Gasteiger partial charge in [0, 0.05) is 19.4 Å². The van der Waals surface area contributed by atoms with Gasteiger partial charge in [-0.05, 0) is 38.5 Å². The van der Waals surface area contributed by atoms with Crippen molar-refractivity contribution in [3.05, 3.63) is 12.2 Å². The van der Waals surface area contributed by atoms with E-state index in [1.54, 1.807) is 0 Å². The Hall–Kier alpha value is -1.25. The quantitative estimate of drug-likeness (QED) is 0.0597. The van der Waals surface area contributed by atoms with Crippen LogP contribution in [0.2, 0.25) is 0 Å². The average Bonchev–Trinajstić information content (AvgIpc) is 2.85. The Labute approximate surface area is 218 Å². The van der Waals surface area contributed by atoms with Crippen molar-refractivity contribution < 1.29 is 37.9 Å². The molecule has 0 radical (unpaired) electrons. The molecule has 0 bridgehead atoms. The standard InChI is InChI=1S/C26H50NO8P/c1-3-5-7-8-9-10-11-12-13-14-15-16-17-18-25(29)27-20-21-34-36(31,32)35-23-24(28)22-33-26(30)19-6-4-2/h10-11,24,28H,3-9,12-23H2,1-2H3,(H,27,29)(H,31,32)/b11-10-. The van der Waals surface area contributed by atoms with Crippen molar-refractivity contribution in [3.8, 4) is 0 Å². The SMILES string of the molecule is CCCCCC/C=C\CCCCCCCC(=O)NCCOP(=O)(O)OCC(O)COC(=O)CCCC. The van der Waals surface area contributed by atoms with E-state index < -0.39 is 26.5 Å². The maximum Gasteiger partial charge on any atom is 0.472 e. The fourth-order valence-corrected chi connectivity index (χ4v) is 4.05. The predicted molar refractivity (Wildman–Crippen MR) is 141 cm³/mol. The third kappa shape index (κ3) is 24.4. The molecule has 0 aromatic carbocycles. The van der Waals surface area contributed by atoms with E-state index in [0.29, 0.717) is 12.8 Å². The van der Waals surface area contributed by atoms with Crippen LogP contribution in [0.25, 0.3) is 0 Å². The topological polar surface area (TPSA) is 131 Å². The van der Waals surface area contributed by atoms with E-state index in [4.69, 9.17) is 13.8 Å². The maximum absolute atomic E-state index is 11.9.